The normalized spacial score (nSPS) is 16.1. The third-order valence-electron chi connectivity index (χ3n) is 7.93. The van der Waals surface area contributed by atoms with Gasteiger partial charge in [0.1, 0.15) is 17.4 Å². The molecule has 0 spiro atoms. The second kappa shape index (κ2) is 10.7. The molecule has 4 aromatic rings. The zero-order valence-electron chi connectivity index (χ0n) is 22.5. The summed E-state index contributed by atoms with van der Waals surface area (Å²) in [4.78, 5) is 10.1. The van der Waals surface area contributed by atoms with Crippen molar-refractivity contribution in [1.29, 1.82) is 5.26 Å². The van der Waals surface area contributed by atoms with Gasteiger partial charge in [-0.2, -0.15) is 18.4 Å². The van der Waals surface area contributed by atoms with E-state index in [9.17, 15) is 22.8 Å². The van der Waals surface area contributed by atoms with Crippen molar-refractivity contribution in [1.82, 2.24) is 14.9 Å². The Hall–Kier alpha value is -4.16. The van der Waals surface area contributed by atoms with E-state index in [0.29, 0.717) is 17.1 Å². The van der Waals surface area contributed by atoms with E-state index in [4.69, 9.17) is 4.74 Å². The molecular weight excluding hydrogens is 532 g/mol. The Morgan fingerprint density at radius 2 is 1.88 bits per heavy atom. The number of likely N-dealkylation sites (tertiary alicyclic amines) is 1. The highest BCUT2D eigenvalue weighted by Gasteiger charge is 2.35. The molecular formula is C32H28F4N4O. The van der Waals surface area contributed by atoms with Gasteiger partial charge in [0.2, 0.25) is 0 Å². The van der Waals surface area contributed by atoms with E-state index in [0.717, 1.165) is 78.4 Å². The predicted molar refractivity (Wildman–Crippen MR) is 149 cm³/mol. The summed E-state index contributed by atoms with van der Waals surface area (Å²) in [7, 11) is 1.57. The number of nitrogens with one attached hydrogen (secondary N) is 1. The Balaban J connectivity index is 1.45. The number of hydrogen-bond acceptors (Lipinski definition) is 4. The summed E-state index contributed by atoms with van der Waals surface area (Å²) >= 11 is 0. The number of halogens is 4. The van der Waals surface area contributed by atoms with Crippen LogP contribution < -0.4 is 4.74 Å². The Bertz CT molecular complexity index is 1680. The highest BCUT2D eigenvalue weighted by Crippen LogP contribution is 2.39. The van der Waals surface area contributed by atoms with E-state index in [1.54, 1.807) is 19.2 Å². The largest absolute Gasteiger partial charge is 0.496 e. The fourth-order valence-corrected chi connectivity index (χ4v) is 5.64. The molecule has 0 atom stereocenters. The van der Waals surface area contributed by atoms with E-state index >= 15 is 0 Å². The van der Waals surface area contributed by atoms with Gasteiger partial charge in [-0.15, -0.1) is 0 Å². The molecule has 41 heavy (non-hydrogen) atoms. The standard InChI is InChI=1S/C32H28F4N4O/c1-41-29-14-23(7-8-24(29)22-4-2-3-20(13-22)17-37)30(21-9-11-40(12-10-21)18-19-5-6-19)31-38-27-15-25(32(34,35)36)26(33)16-28(27)39-31/h2-4,7-8,13-16,19H,5-6,9-12,18H2,1H3,(H,38,39). The summed E-state index contributed by atoms with van der Waals surface area (Å²) in [6.07, 6.45) is -0.678. The number of aromatic amines is 1. The van der Waals surface area contributed by atoms with Gasteiger partial charge in [-0.05, 0) is 67.0 Å². The van der Waals surface area contributed by atoms with Crippen molar-refractivity contribution in [2.75, 3.05) is 26.7 Å². The Kier molecular flexibility index (Phi) is 7.04. The average molecular weight is 561 g/mol. The third kappa shape index (κ3) is 5.57. The maximum Gasteiger partial charge on any atom is 0.419 e. The van der Waals surface area contributed by atoms with Gasteiger partial charge in [0, 0.05) is 36.8 Å². The zero-order chi connectivity index (χ0) is 28.7. The summed E-state index contributed by atoms with van der Waals surface area (Å²) in [5, 5.41) is 9.34. The number of aromatic nitrogens is 2. The number of fused-ring (bicyclic) bond motifs is 1. The van der Waals surface area contributed by atoms with Crippen molar-refractivity contribution < 1.29 is 22.3 Å². The van der Waals surface area contributed by atoms with Gasteiger partial charge >= 0.3 is 6.18 Å². The average Bonchev–Trinajstić information content (AvgIpc) is 3.69. The Morgan fingerprint density at radius 3 is 2.56 bits per heavy atom. The summed E-state index contributed by atoms with van der Waals surface area (Å²) in [6, 6.07) is 16.8. The number of nitriles is 1. The van der Waals surface area contributed by atoms with Crippen molar-refractivity contribution in [2.45, 2.75) is 31.9 Å². The van der Waals surface area contributed by atoms with Crippen LogP contribution in [0.4, 0.5) is 17.6 Å². The van der Waals surface area contributed by atoms with E-state index in [-0.39, 0.29) is 11.0 Å². The molecule has 5 nitrogen and oxygen atoms in total. The summed E-state index contributed by atoms with van der Waals surface area (Å²) < 4.78 is 60.4. The topological polar surface area (TPSA) is 64.9 Å². The van der Waals surface area contributed by atoms with Gasteiger partial charge < -0.3 is 14.6 Å². The predicted octanol–water partition coefficient (Wildman–Crippen LogP) is 7.58. The van der Waals surface area contributed by atoms with Gasteiger partial charge in [0.15, 0.2) is 0 Å². The van der Waals surface area contributed by atoms with Crippen molar-refractivity contribution in [3.63, 3.8) is 0 Å². The monoisotopic (exact) mass is 560 g/mol. The third-order valence-corrected chi connectivity index (χ3v) is 7.93. The number of benzene rings is 3. The van der Waals surface area contributed by atoms with Crippen LogP contribution in [0.15, 0.2) is 60.2 Å². The number of piperidine rings is 1. The molecule has 1 aliphatic carbocycles. The summed E-state index contributed by atoms with van der Waals surface area (Å²) in [5.74, 6) is 0.412. The second-order valence-electron chi connectivity index (χ2n) is 10.8. The highest BCUT2D eigenvalue weighted by molar-refractivity contribution is 5.87. The SMILES string of the molecule is COc1cc(C(=C2CCN(CC3CC3)CC2)c2nc3cc(F)c(C(F)(F)F)cc3[nH]2)ccc1-c1cccc(C#N)c1. The number of nitrogens with zero attached hydrogens (tertiary/aromatic N) is 3. The van der Waals surface area contributed by atoms with Crippen LogP contribution in [0, 0.1) is 23.1 Å². The van der Waals surface area contributed by atoms with Gasteiger partial charge in [-0.1, -0.05) is 29.8 Å². The van der Waals surface area contributed by atoms with E-state index in [1.165, 1.54) is 12.8 Å². The minimum Gasteiger partial charge on any atom is -0.496 e. The van der Waals surface area contributed by atoms with Crippen LogP contribution in [-0.2, 0) is 6.18 Å². The minimum absolute atomic E-state index is 0.120. The first kappa shape index (κ1) is 27.0. The quantitative estimate of drug-likeness (QED) is 0.247. The van der Waals surface area contributed by atoms with Crippen LogP contribution in [0.2, 0.25) is 0 Å². The molecule has 2 fully saturated rings. The molecule has 0 unspecified atom stereocenters. The van der Waals surface area contributed by atoms with Crippen LogP contribution in [0.5, 0.6) is 5.75 Å². The number of H-pyrrole nitrogens is 1. The summed E-state index contributed by atoms with van der Waals surface area (Å²) in [5.41, 5.74) is 3.80. The Morgan fingerprint density at radius 1 is 1.10 bits per heavy atom. The smallest absolute Gasteiger partial charge is 0.419 e. The van der Waals surface area contributed by atoms with Crippen LogP contribution >= 0.6 is 0 Å². The van der Waals surface area contributed by atoms with Gasteiger partial charge in [0.25, 0.3) is 0 Å². The first-order valence-corrected chi connectivity index (χ1v) is 13.6. The maximum atomic E-state index is 14.4. The van der Waals surface area contributed by atoms with E-state index in [2.05, 4.69) is 20.9 Å². The van der Waals surface area contributed by atoms with Gasteiger partial charge in [-0.25, -0.2) is 9.37 Å². The van der Waals surface area contributed by atoms with E-state index < -0.39 is 17.6 Å². The van der Waals surface area contributed by atoms with Crippen molar-refractivity contribution in [3.8, 4) is 22.9 Å². The molecule has 9 heteroatoms. The molecule has 1 saturated carbocycles. The molecule has 6 rings (SSSR count). The molecule has 0 amide bonds. The molecule has 2 heterocycles. The lowest BCUT2D eigenvalue weighted by Crippen LogP contribution is -2.32. The number of imidazole rings is 1. The lowest BCUT2D eigenvalue weighted by atomic mass is 9.91. The van der Waals surface area contributed by atoms with Crippen molar-refractivity contribution in [3.05, 3.63) is 88.5 Å². The number of alkyl halides is 3. The van der Waals surface area contributed by atoms with Crippen LogP contribution in [-0.4, -0.2) is 41.6 Å². The fourth-order valence-electron chi connectivity index (χ4n) is 5.64. The molecule has 1 aliphatic heterocycles. The minimum atomic E-state index is -4.81. The van der Waals surface area contributed by atoms with Gasteiger partial charge in [0.05, 0.1) is 35.3 Å². The van der Waals surface area contributed by atoms with E-state index in [1.807, 2.05) is 30.3 Å². The molecule has 0 radical (unpaired) electrons. The molecule has 3 aromatic carbocycles. The zero-order valence-corrected chi connectivity index (χ0v) is 22.5. The number of hydrogen-bond donors (Lipinski definition) is 1. The van der Waals surface area contributed by atoms with Crippen LogP contribution in [0.1, 0.15) is 48.2 Å². The number of ether oxygens (including phenoxy) is 1. The summed E-state index contributed by atoms with van der Waals surface area (Å²) in [6.45, 7) is 2.87. The molecule has 1 saturated heterocycles. The molecule has 0 bridgehead atoms. The van der Waals surface area contributed by atoms with Crippen LogP contribution in [0.3, 0.4) is 0 Å². The lowest BCUT2D eigenvalue weighted by Gasteiger charge is -2.30. The van der Waals surface area contributed by atoms with Crippen molar-refractivity contribution >= 4 is 16.6 Å². The number of methoxy groups -OCH3 is 1. The maximum absolute atomic E-state index is 14.4. The fraction of sp³-hybridized carbons (Fsp3) is 0.312. The molecule has 210 valence electrons. The second-order valence-corrected chi connectivity index (χ2v) is 10.8. The van der Waals surface area contributed by atoms with Crippen molar-refractivity contribution in [2.24, 2.45) is 5.92 Å². The first-order valence-electron chi connectivity index (χ1n) is 13.6. The van der Waals surface area contributed by atoms with Crippen LogP contribution in [0.25, 0.3) is 27.7 Å². The molecule has 1 N–H and O–H groups in total. The Labute approximate surface area is 235 Å². The van der Waals surface area contributed by atoms with Gasteiger partial charge in [-0.3, -0.25) is 0 Å². The molecule has 2 aliphatic rings. The highest BCUT2D eigenvalue weighted by atomic mass is 19.4. The first-order chi connectivity index (χ1) is 19.7. The molecule has 1 aromatic heterocycles. The lowest BCUT2D eigenvalue weighted by molar-refractivity contribution is -0.139. The number of rotatable bonds is 6.